The van der Waals surface area contributed by atoms with Crippen LogP contribution in [-0.4, -0.2) is 25.4 Å². The highest BCUT2D eigenvalue weighted by Gasteiger charge is 2.29. The van der Waals surface area contributed by atoms with Gasteiger partial charge in [-0.1, -0.05) is 26.2 Å². The molecule has 0 bridgehead atoms. The fourth-order valence-corrected chi connectivity index (χ4v) is 2.92. The number of rotatable bonds is 7. The number of hydrogen-bond acceptors (Lipinski definition) is 3. The molecule has 0 aliphatic heterocycles. The molecule has 1 aliphatic rings. The Bertz CT molecular complexity index is 249. The molecule has 1 saturated carbocycles. The van der Waals surface area contributed by atoms with Gasteiger partial charge in [-0.3, -0.25) is 11.3 Å². The van der Waals surface area contributed by atoms with Gasteiger partial charge in [-0.2, -0.15) is 13.2 Å². The second kappa shape index (κ2) is 8.07. The zero-order chi connectivity index (χ0) is 14.3. The summed E-state index contributed by atoms with van der Waals surface area (Å²) in [5, 5.41) is 0. The van der Waals surface area contributed by atoms with Crippen LogP contribution in [0.1, 0.15) is 45.4 Å². The summed E-state index contributed by atoms with van der Waals surface area (Å²) in [7, 11) is 0. The molecule has 3 nitrogen and oxygen atoms in total. The molecule has 6 heteroatoms. The van der Waals surface area contributed by atoms with Gasteiger partial charge in [0.05, 0.1) is 0 Å². The van der Waals surface area contributed by atoms with E-state index in [1.165, 1.54) is 19.3 Å². The van der Waals surface area contributed by atoms with Crippen LogP contribution >= 0.6 is 0 Å². The molecule has 0 amide bonds. The largest absolute Gasteiger partial charge is 0.411 e. The van der Waals surface area contributed by atoms with Gasteiger partial charge in [0.1, 0.15) is 6.61 Å². The average Bonchev–Trinajstić information content (AvgIpc) is 2.37. The number of nitrogens with two attached hydrogens (primary N) is 1. The van der Waals surface area contributed by atoms with E-state index in [1.807, 2.05) is 0 Å². The maximum absolute atomic E-state index is 11.9. The highest BCUT2D eigenvalue weighted by atomic mass is 19.4. The fourth-order valence-electron chi connectivity index (χ4n) is 2.92. The van der Waals surface area contributed by atoms with Crippen molar-refractivity contribution in [2.75, 3.05) is 13.2 Å². The number of halogens is 3. The summed E-state index contributed by atoms with van der Waals surface area (Å²) in [6.07, 6.45) is 2.12. The number of hydrogen-bond donors (Lipinski definition) is 2. The fraction of sp³-hybridized carbons (Fsp3) is 1.00. The highest BCUT2D eigenvalue weighted by molar-refractivity contribution is 4.81. The molecule has 114 valence electrons. The van der Waals surface area contributed by atoms with E-state index in [0.717, 1.165) is 18.8 Å². The lowest BCUT2D eigenvalue weighted by atomic mass is 9.76. The molecule has 1 fully saturated rings. The molecule has 3 atom stereocenters. The first-order valence-corrected chi connectivity index (χ1v) is 7.07. The van der Waals surface area contributed by atoms with Crippen LogP contribution < -0.4 is 11.3 Å². The van der Waals surface area contributed by atoms with Crippen molar-refractivity contribution in [1.29, 1.82) is 0 Å². The molecule has 0 radical (unpaired) electrons. The molecular weight excluding hydrogens is 257 g/mol. The molecule has 0 heterocycles. The Kier molecular flexibility index (Phi) is 7.10. The topological polar surface area (TPSA) is 47.3 Å². The molecule has 0 aromatic heterocycles. The number of nitrogens with one attached hydrogen (secondary N) is 1. The van der Waals surface area contributed by atoms with E-state index < -0.39 is 12.8 Å². The standard InChI is InChI=1S/C13H25F3N2O/c1-2-10-4-3-5-11(8-10)12(18-17)6-7-19-9-13(14,15)16/h10-12,18H,2-9,17H2,1H3. The summed E-state index contributed by atoms with van der Waals surface area (Å²) >= 11 is 0. The lowest BCUT2D eigenvalue weighted by Crippen LogP contribution is -2.43. The Labute approximate surface area is 113 Å². The highest BCUT2D eigenvalue weighted by Crippen LogP contribution is 2.33. The van der Waals surface area contributed by atoms with Crippen molar-refractivity contribution in [3.63, 3.8) is 0 Å². The van der Waals surface area contributed by atoms with E-state index in [4.69, 9.17) is 5.84 Å². The summed E-state index contributed by atoms with van der Waals surface area (Å²) in [6.45, 7) is 1.11. The Morgan fingerprint density at radius 2 is 2.11 bits per heavy atom. The van der Waals surface area contributed by atoms with Crippen LogP contribution in [0.3, 0.4) is 0 Å². The number of ether oxygens (including phenoxy) is 1. The third kappa shape index (κ3) is 6.58. The lowest BCUT2D eigenvalue weighted by molar-refractivity contribution is -0.174. The summed E-state index contributed by atoms with van der Waals surface area (Å²) in [6, 6.07) is 0.0579. The second-order valence-corrected chi connectivity index (χ2v) is 5.43. The summed E-state index contributed by atoms with van der Waals surface area (Å²) in [4.78, 5) is 0. The van der Waals surface area contributed by atoms with Crippen LogP contribution in [0.25, 0.3) is 0 Å². The van der Waals surface area contributed by atoms with Crippen LogP contribution in [0.2, 0.25) is 0 Å². The number of hydrazine groups is 1. The molecular formula is C13H25F3N2O. The smallest absolute Gasteiger partial charge is 0.372 e. The normalized spacial score (nSPS) is 26.4. The van der Waals surface area contributed by atoms with Crippen molar-refractivity contribution in [2.45, 2.75) is 57.7 Å². The van der Waals surface area contributed by atoms with Crippen LogP contribution in [-0.2, 0) is 4.74 Å². The molecule has 3 N–H and O–H groups in total. The van der Waals surface area contributed by atoms with Crippen LogP contribution in [0, 0.1) is 11.8 Å². The minimum atomic E-state index is -4.25. The van der Waals surface area contributed by atoms with Crippen molar-refractivity contribution in [3.05, 3.63) is 0 Å². The van der Waals surface area contributed by atoms with Crippen molar-refractivity contribution < 1.29 is 17.9 Å². The van der Waals surface area contributed by atoms with E-state index in [9.17, 15) is 13.2 Å². The molecule has 0 spiro atoms. The lowest BCUT2D eigenvalue weighted by Gasteiger charge is -2.34. The van der Waals surface area contributed by atoms with Crippen molar-refractivity contribution in [3.8, 4) is 0 Å². The zero-order valence-corrected chi connectivity index (χ0v) is 11.5. The SMILES string of the molecule is CCC1CCCC(C(CCOCC(F)(F)F)NN)C1. The third-order valence-corrected chi connectivity index (χ3v) is 4.02. The van der Waals surface area contributed by atoms with Crippen molar-refractivity contribution in [2.24, 2.45) is 17.7 Å². The second-order valence-electron chi connectivity index (χ2n) is 5.43. The maximum atomic E-state index is 11.9. The van der Waals surface area contributed by atoms with Gasteiger partial charge in [-0.15, -0.1) is 0 Å². The van der Waals surface area contributed by atoms with E-state index in [-0.39, 0.29) is 12.6 Å². The van der Waals surface area contributed by atoms with Gasteiger partial charge < -0.3 is 4.74 Å². The first kappa shape index (κ1) is 16.7. The van der Waals surface area contributed by atoms with Crippen molar-refractivity contribution in [1.82, 2.24) is 5.43 Å². The summed E-state index contributed by atoms with van der Waals surface area (Å²) in [5.74, 6) is 6.71. The van der Waals surface area contributed by atoms with Gasteiger partial charge in [-0.05, 0) is 31.1 Å². The van der Waals surface area contributed by atoms with Gasteiger partial charge in [0, 0.05) is 12.6 Å². The van der Waals surface area contributed by atoms with Crippen molar-refractivity contribution >= 4 is 0 Å². The zero-order valence-electron chi connectivity index (χ0n) is 11.5. The minimum absolute atomic E-state index is 0.0579. The molecule has 1 aliphatic carbocycles. The predicted octanol–water partition coefficient (Wildman–Crippen LogP) is 3.00. The Morgan fingerprint density at radius 1 is 1.37 bits per heavy atom. The van der Waals surface area contributed by atoms with Gasteiger partial charge in [0.15, 0.2) is 0 Å². The summed E-state index contributed by atoms with van der Waals surface area (Å²) < 4.78 is 40.5. The van der Waals surface area contributed by atoms with Gasteiger partial charge in [-0.25, -0.2) is 0 Å². The molecule has 1 rings (SSSR count). The first-order valence-electron chi connectivity index (χ1n) is 7.07. The van der Waals surface area contributed by atoms with E-state index in [1.54, 1.807) is 0 Å². The summed E-state index contributed by atoms with van der Waals surface area (Å²) in [5.41, 5.74) is 2.75. The maximum Gasteiger partial charge on any atom is 0.411 e. The predicted molar refractivity (Wildman–Crippen MR) is 68.3 cm³/mol. The van der Waals surface area contributed by atoms with E-state index in [2.05, 4.69) is 17.1 Å². The molecule has 0 aromatic rings. The number of alkyl halides is 3. The van der Waals surface area contributed by atoms with E-state index in [0.29, 0.717) is 12.3 Å². The Morgan fingerprint density at radius 3 is 2.68 bits per heavy atom. The first-order chi connectivity index (χ1) is 8.96. The molecule has 3 unspecified atom stereocenters. The Balaban J connectivity index is 2.28. The minimum Gasteiger partial charge on any atom is -0.372 e. The van der Waals surface area contributed by atoms with Crippen LogP contribution in [0.15, 0.2) is 0 Å². The van der Waals surface area contributed by atoms with Crippen LogP contribution in [0.4, 0.5) is 13.2 Å². The van der Waals surface area contributed by atoms with Gasteiger partial charge in [0.25, 0.3) is 0 Å². The van der Waals surface area contributed by atoms with E-state index >= 15 is 0 Å². The monoisotopic (exact) mass is 282 g/mol. The van der Waals surface area contributed by atoms with Crippen LogP contribution in [0.5, 0.6) is 0 Å². The van der Waals surface area contributed by atoms with Gasteiger partial charge >= 0.3 is 6.18 Å². The quantitative estimate of drug-likeness (QED) is 0.429. The molecule has 0 aromatic carbocycles. The third-order valence-electron chi connectivity index (χ3n) is 4.02. The Hall–Kier alpha value is -0.330. The molecule has 19 heavy (non-hydrogen) atoms. The average molecular weight is 282 g/mol. The van der Waals surface area contributed by atoms with Gasteiger partial charge in [0.2, 0.25) is 0 Å². The molecule has 0 saturated heterocycles.